The molecule has 126 valence electrons. The van der Waals surface area contributed by atoms with E-state index in [1.54, 1.807) is 0 Å². The average Bonchev–Trinajstić information content (AvgIpc) is 3.11. The van der Waals surface area contributed by atoms with Crippen LogP contribution in [0.1, 0.15) is 22.6 Å². The molecule has 2 heterocycles. The van der Waals surface area contributed by atoms with Gasteiger partial charge in [0.25, 0.3) is 5.91 Å². The van der Waals surface area contributed by atoms with Crippen molar-refractivity contribution in [3.63, 3.8) is 0 Å². The highest BCUT2D eigenvalue weighted by molar-refractivity contribution is 6.08. The Morgan fingerprint density at radius 1 is 1.12 bits per heavy atom. The van der Waals surface area contributed by atoms with Crippen molar-refractivity contribution in [2.24, 2.45) is 0 Å². The topological polar surface area (TPSA) is 67.2 Å². The molecule has 0 bridgehead atoms. The third-order valence-electron chi connectivity index (χ3n) is 4.92. The Balaban J connectivity index is 1.95. The number of anilines is 1. The lowest BCUT2D eigenvalue weighted by molar-refractivity contribution is -0.120. The Morgan fingerprint density at radius 2 is 1.88 bits per heavy atom. The molecule has 25 heavy (non-hydrogen) atoms. The second-order valence-electron chi connectivity index (χ2n) is 6.28. The molecular formula is C20H19N3O2. The number of hydrogen-bond acceptors (Lipinski definition) is 4. The van der Waals surface area contributed by atoms with Crippen LogP contribution in [0.5, 0.6) is 0 Å². The number of hydrogen-bond donors (Lipinski definition) is 2. The number of carbonyl (C=O) groups is 1. The van der Waals surface area contributed by atoms with E-state index in [9.17, 15) is 4.79 Å². The summed E-state index contributed by atoms with van der Waals surface area (Å²) in [5.74, 6) is 0.691. The zero-order valence-electron chi connectivity index (χ0n) is 14.4. The Morgan fingerprint density at radius 3 is 2.52 bits per heavy atom. The fourth-order valence-electron chi connectivity index (χ4n) is 3.72. The summed E-state index contributed by atoms with van der Waals surface area (Å²) in [5, 5.41) is 10.3. The average molecular weight is 333 g/mol. The summed E-state index contributed by atoms with van der Waals surface area (Å²) in [6.45, 7) is 3.82. The van der Waals surface area contributed by atoms with Gasteiger partial charge in [0.15, 0.2) is 5.54 Å². The molecular weight excluding hydrogens is 314 g/mol. The van der Waals surface area contributed by atoms with E-state index in [-0.39, 0.29) is 5.91 Å². The minimum atomic E-state index is -0.911. The van der Waals surface area contributed by atoms with Crippen LogP contribution >= 0.6 is 0 Å². The highest BCUT2D eigenvalue weighted by atomic mass is 16.5. The van der Waals surface area contributed by atoms with Crippen molar-refractivity contribution in [2.45, 2.75) is 19.4 Å². The number of rotatable bonds is 3. The van der Waals surface area contributed by atoms with Crippen LogP contribution in [0.2, 0.25) is 0 Å². The zero-order valence-corrected chi connectivity index (χ0v) is 14.4. The number of fused-ring (bicyclic) bond motifs is 1. The van der Waals surface area contributed by atoms with Crippen LogP contribution in [0.25, 0.3) is 11.1 Å². The third kappa shape index (κ3) is 2.13. The molecule has 1 atom stereocenters. The number of nitrogens with zero attached hydrogens (tertiary/aromatic N) is 1. The maximum Gasteiger partial charge on any atom is 0.254 e. The van der Waals surface area contributed by atoms with Crippen LogP contribution in [0.15, 0.2) is 53.1 Å². The van der Waals surface area contributed by atoms with Crippen molar-refractivity contribution >= 4 is 11.6 Å². The van der Waals surface area contributed by atoms with Gasteiger partial charge in [-0.15, -0.1) is 0 Å². The van der Waals surface area contributed by atoms with E-state index in [1.165, 1.54) is 0 Å². The van der Waals surface area contributed by atoms with Crippen molar-refractivity contribution in [2.75, 3.05) is 12.4 Å². The first-order valence-corrected chi connectivity index (χ1v) is 8.21. The van der Waals surface area contributed by atoms with Crippen molar-refractivity contribution < 1.29 is 9.32 Å². The summed E-state index contributed by atoms with van der Waals surface area (Å²) in [6, 6.07) is 15.7. The lowest BCUT2D eigenvalue weighted by atomic mass is 9.83. The summed E-state index contributed by atoms with van der Waals surface area (Å²) in [7, 11) is 1.81. The summed E-state index contributed by atoms with van der Waals surface area (Å²) in [4.78, 5) is 12.9. The van der Waals surface area contributed by atoms with Gasteiger partial charge in [0, 0.05) is 16.8 Å². The predicted octanol–water partition coefficient (Wildman–Crippen LogP) is 3.37. The lowest BCUT2D eigenvalue weighted by Crippen LogP contribution is -2.47. The van der Waals surface area contributed by atoms with Crippen molar-refractivity contribution in [1.82, 2.24) is 10.5 Å². The molecule has 5 nitrogen and oxygen atoms in total. The van der Waals surface area contributed by atoms with Gasteiger partial charge >= 0.3 is 0 Å². The SMILES string of the molecule is CNC1(c2ccccc2)C(=O)Nc2ccc(-c3c(C)noc3C)cc21. The summed E-state index contributed by atoms with van der Waals surface area (Å²) < 4.78 is 5.30. The van der Waals surface area contributed by atoms with Gasteiger partial charge in [-0.05, 0) is 44.2 Å². The van der Waals surface area contributed by atoms with E-state index in [0.717, 1.165) is 39.4 Å². The first-order chi connectivity index (χ1) is 12.1. The quantitative estimate of drug-likeness (QED) is 0.771. The maximum absolute atomic E-state index is 12.9. The number of benzene rings is 2. The molecule has 2 aromatic carbocycles. The van der Waals surface area contributed by atoms with Crippen molar-refractivity contribution in [1.29, 1.82) is 0 Å². The Kier molecular flexibility index (Phi) is 3.47. The fourth-order valence-corrected chi connectivity index (χ4v) is 3.72. The van der Waals surface area contributed by atoms with E-state index in [1.807, 2.05) is 69.4 Å². The van der Waals surface area contributed by atoms with Gasteiger partial charge < -0.3 is 9.84 Å². The van der Waals surface area contributed by atoms with Crippen molar-refractivity contribution in [3.05, 3.63) is 71.1 Å². The van der Waals surface area contributed by atoms with E-state index >= 15 is 0 Å². The van der Waals surface area contributed by atoms with Gasteiger partial charge in [-0.2, -0.15) is 0 Å². The monoisotopic (exact) mass is 333 g/mol. The molecule has 5 heteroatoms. The molecule has 1 unspecified atom stereocenters. The van der Waals surface area contributed by atoms with Crippen LogP contribution in [-0.4, -0.2) is 18.1 Å². The van der Waals surface area contributed by atoms with E-state index in [2.05, 4.69) is 15.8 Å². The van der Waals surface area contributed by atoms with Gasteiger partial charge in [0.05, 0.1) is 5.69 Å². The number of carbonyl (C=O) groups excluding carboxylic acids is 1. The van der Waals surface area contributed by atoms with E-state index in [4.69, 9.17) is 4.52 Å². The Bertz CT molecular complexity index is 943. The van der Waals surface area contributed by atoms with E-state index in [0.29, 0.717) is 0 Å². The summed E-state index contributed by atoms with van der Waals surface area (Å²) in [5.41, 5.74) is 4.52. The highest BCUT2D eigenvalue weighted by Gasteiger charge is 2.47. The fraction of sp³-hybridized carbons (Fsp3) is 0.200. The molecule has 0 aliphatic carbocycles. The van der Waals surface area contributed by atoms with Gasteiger partial charge in [0.2, 0.25) is 0 Å². The zero-order chi connectivity index (χ0) is 17.6. The molecule has 0 fully saturated rings. The normalized spacial score (nSPS) is 18.9. The number of likely N-dealkylation sites (N-methyl/N-ethyl adjacent to an activating group) is 1. The van der Waals surface area contributed by atoms with Gasteiger partial charge in [-0.1, -0.05) is 41.6 Å². The molecule has 0 spiro atoms. The van der Waals surface area contributed by atoms with Crippen LogP contribution in [0, 0.1) is 13.8 Å². The molecule has 4 rings (SSSR count). The number of amides is 1. The van der Waals surface area contributed by atoms with Crippen LogP contribution < -0.4 is 10.6 Å². The summed E-state index contributed by atoms with van der Waals surface area (Å²) >= 11 is 0. The number of nitrogens with one attached hydrogen (secondary N) is 2. The van der Waals surface area contributed by atoms with Crippen molar-refractivity contribution in [3.8, 4) is 11.1 Å². The largest absolute Gasteiger partial charge is 0.361 e. The van der Waals surface area contributed by atoms with E-state index < -0.39 is 5.54 Å². The van der Waals surface area contributed by atoms with Gasteiger partial charge in [-0.3, -0.25) is 10.1 Å². The third-order valence-corrected chi connectivity index (χ3v) is 4.92. The minimum Gasteiger partial charge on any atom is -0.361 e. The second kappa shape index (κ2) is 5.57. The lowest BCUT2D eigenvalue weighted by Gasteiger charge is -2.28. The standard InChI is InChI=1S/C20H19N3O2/c1-12-18(13(2)25-23-12)14-9-10-17-16(11-14)20(21-3,19(24)22-17)15-7-5-4-6-8-15/h4-11,21H,1-3H3,(H,22,24). The van der Waals surface area contributed by atoms with Crippen LogP contribution in [0.3, 0.4) is 0 Å². The minimum absolute atomic E-state index is 0.0767. The molecule has 0 radical (unpaired) electrons. The Hall–Kier alpha value is -2.92. The van der Waals surface area contributed by atoms with Gasteiger partial charge in [0.1, 0.15) is 5.76 Å². The molecule has 0 saturated carbocycles. The molecule has 1 aliphatic heterocycles. The number of aryl methyl sites for hydroxylation is 2. The highest BCUT2D eigenvalue weighted by Crippen LogP contribution is 2.43. The first-order valence-electron chi connectivity index (χ1n) is 8.21. The molecule has 1 aromatic heterocycles. The second-order valence-corrected chi connectivity index (χ2v) is 6.28. The smallest absolute Gasteiger partial charge is 0.254 e. The van der Waals surface area contributed by atoms with Gasteiger partial charge in [-0.25, -0.2) is 0 Å². The molecule has 2 N–H and O–H groups in total. The number of aromatic nitrogens is 1. The maximum atomic E-state index is 12.9. The molecule has 1 amide bonds. The predicted molar refractivity (Wildman–Crippen MR) is 96.3 cm³/mol. The molecule has 1 aliphatic rings. The van der Waals surface area contributed by atoms with Crippen LogP contribution in [0.4, 0.5) is 5.69 Å². The summed E-state index contributed by atoms with van der Waals surface area (Å²) in [6.07, 6.45) is 0. The molecule has 3 aromatic rings. The van der Waals surface area contributed by atoms with Crippen LogP contribution in [-0.2, 0) is 10.3 Å². The first kappa shape index (κ1) is 15.6. The Labute approximate surface area is 146 Å². The molecule has 0 saturated heterocycles.